The summed E-state index contributed by atoms with van der Waals surface area (Å²) >= 11 is 6.41. The molecule has 0 saturated carbocycles. The molecule has 0 aromatic heterocycles. The molecule has 0 unspecified atom stereocenters. The molecule has 2 aromatic carbocycles. The molecule has 0 heterocycles. The van der Waals surface area contributed by atoms with Crippen molar-refractivity contribution in [3.63, 3.8) is 0 Å². The molecule has 204 valence electrons. The van der Waals surface area contributed by atoms with Crippen molar-refractivity contribution >= 4 is 31.9 Å². The fourth-order valence-electron chi connectivity index (χ4n) is 2.32. The molecule has 0 aliphatic rings. The van der Waals surface area contributed by atoms with E-state index in [0.29, 0.717) is 34.6 Å². The molecule has 2 atom stereocenters. The van der Waals surface area contributed by atoms with Crippen LogP contribution in [0.4, 0.5) is 4.39 Å². The molecule has 0 aliphatic carbocycles. The van der Waals surface area contributed by atoms with E-state index in [0.717, 1.165) is 4.47 Å². The third-order valence-corrected chi connectivity index (χ3v) is 4.75. The van der Waals surface area contributed by atoms with Gasteiger partial charge in [-0.15, -0.1) is 0 Å². The number of halogens is 3. The zero-order valence-corrected chi connectivity index (χ0v) is 25.9. The number of aliphatic hydroxyl groups excluding tert-OH is 1. The number of nitriles is 2. The zero-order chi connectivity index (χ0) is 28.8. The van der Waals surface area contributed by atoms with E-state index < -0.39 is 5.82 Å². The number of hydrogen-bond donors (Lipinski definition) is 1. The molecule has 0 radical (unpaired) electrons. The maximum atomic E-state index is 12.4. The second-order valence-corrected chi connectivity index (χ2v) is 12.0. The van der Waals surface area contributed by atoms with E-state index in [1.54, 1.807) is 25.1 Å². The van der Waals surface area contributed by atoms with Crippen molar-refractivity contribution in [1.82, 2.24) is 0 Å². The van der Waals surface area contributed by atoms with E-state index in [1.807, 2.05) is 60.6 Å². The van der Waals surface area contributed by atoms with Gasteiger partial charge in [0, 0.05) is 8.95 Å². The molecule has 37 heavy (non-hydrogen) atoms. The highest BCUT2D eigenvalue weighted by Gasteiger charge is 2.14. The minimum atomic E-state index is -0.397. The van der Waals surface area contributed by atoms with Gasteiger partial charge in [0.1, 0.15) is 17.7 Å². The number of nitrogens with zero attached hydrogens (tertiary/aromatic N) is 2. The predicted molar refractivity (Wildman–Crippen MR) is 151 cm³/mol. The van der Waals surface area contributed by atoms with Gasteiger partial charge in [0.2, 0.25) is 0 Å². The minimum Gasteiger partial charge on any atom is -0.488 e. The highest BCUT2D eigenvalue weighted by molar-refractivity contribution is 9.10. The first-order valence-corrected chi connectivity index (χ1v) is 13.2. The van der Waals surface area contributed by atoms with Crippen molar-refractivity contribution < 1.29 is 23.7 Å². The summed E-state index contributed by atoms with van der Waals surface area (Å²) in [5.41, 5.74) is 0.596. The van der Waals surface area contributed by atoms with Crippen molar-refractivity contribution in [1.29, 1.82) is 10.5 Å². The highest BCUT2D eigenvalue weighted by Crippen LogP contribution is 2.22. The fraction of sp³-hybridized carbons (Fsp3) is 0.500. The molecule has 2 aromatic rings. The molecule has 2 rings (SSSR count). The summed E-state index contributed by atoms with van der Waals surface area (Å²) in [6, 6.07) is 13.3. The lowest BCUT2D eigenvalue weighted by Gasteiger charge is -2.23. The number of ether oxygens (including phenoxy) is 3. The van der Waals surface area contributed by atoms with Gasteiger partial charge in [0.15, 0.2) is 0 Å². The normalized spacial score (nSPS) is 12.5. The highest BCUT2D eigenvalue weighted by atomic mass is 79.9. The Kier molecular flexibility index (Phi) is 15.8. The summed E-state index contributed by atoms with van der Waals surface area (Å²) in [5, 5.41) is 26.0. The molecular formula is C28H37Br2FN2O4. The summed E-state index contributed by atoms with van der Waals surface area (Å²) in [6.45, 7) is 16.5. The van der Waals surface area contributed by atoms with Crippen LogP contribution in [-0.2, 0) is 9.47 Å². The topological polar surface area (TPSA) is 95.5 Å². The van der Waals surface area contributed by atoms with Crippen LogP contribution < -0.4 is 4.74 Å². The Morgan fingerprint density at radius 3 is 1.68 bits per heavy atom. The fourth-order valence-corrected chi connectivity index (χ4v) is 3.26. The van der Waals surface area contributed by atoms with Crippen LogP contribution in [0.3, 0.4) is 0 Å². The lowest BCUT2D eigenvalue weighted by molar-refractivity contribution is -0.0436. The van der Waals surface area contributed by atoms with Gasteiger partial charge < -0.3 is 19.3 Å². The molecule has 0 saturated heterocycles. The molecule has 0 bridgehead atoms. The van der Waals surface area contributed by atoms with Crippen molar-refractivity contribution in [3.05, 3.63) is 62.3 Å². The Morgan fingerprint density at radius 2 is 1.27 bits per heavy atom. The maximum Gasteiger partial charge on any atom is 0.125 e. The standard InChI is InChI=1S/C14H18BrNO2.C7H3BrFN.C7H16O2/c1-10(9-17-14(2,3)4)18-13-6-11(8-16)5-12(15)7-13;8-6-1-5(4-10)2-7(9)3-6;1-6(8)5-9-7(2,3)4/h5-7,10H,9H2,1-4H3;1-3H;6,8H,5H2,1-4H3/t10-;;6-/m0.0/s1. The first-order valence-electron chi connectivity index (χ1n) is 11.6. The van der Waals surface area contributed by atoms with Crippen LogP contribution in [0.5, 0.6) is 5.75 Å². The minimum absolute atomic E-state index is 0.0648. The quantitative estimate of drug-likeness (QED) is 0.349. The Labute approximate surface area is 237 Å². The first kappa shape index (κ1) is 35.0. The smallest absolute Gasteiger partial charge is 0.125 e. The summed E-state index contributed by atoms with van der Waals surface area (Å²) in [6.07, 6.45) is -0.422. The van der Waals surface area contributed by atoms with Crippen LogP contribution in [0.1, 0.15) is 66.5 Å². The summed E-state index contributed by atoms with van der Waals surface area (Å²) in [7, 11) is 0. The summed E-state index contributed by atoms with van der Waals surface area (Å²) in [4.78, 5) is 0. The van der Waals surface area contributed by atoms with E-state index in [4.69, 9.17) is 29.8 Å². The van der Waals surface area contributed by atoms with Crippen LogP contribution in [0.25, 0.3) is 0 Å². The first-order chi connectivity index (χ1) is 16.9. The van der Waals surface area contributed by atoms with Gasteiger partial charge in [-0.05, 0) is 91.8 Å². The maximum absolute atomic E-state index is 12.4. The molecular weight excluding hydrogens is 607 g/mol. The van der Waals surface area contributed by atoms with Crippen molar-refractivity contribution in [3.8, 4) is 17.9 Å². The van der Waals surface area contributed by atoms with Gasteiger partial charge in [-0.2, -0.15) is 10.5 Å². The second kappa shape index (κ2) is 16.8. The average molecular weight is 644 g/mol. The van der Waals surface area contributed by atoms with Crippen LogP contribution in [0.2, 0.25) is 0 Å². The molecule has 6 nitrogen and oxygen atoms in total. The third kappa shape index (κ3) is 19.7. The Morgan fingerprint density at radius 1 is 0.811 bits per heavy atom. The van der Waals surface area contributed by atoms with Crippen LogP contribution >= 0.6 is 31.9 Å². The van der Waals surface area contributed by atoms with Crippen LogP contribution in [-0.4, -0.2) is 41.7 Å². The van der Waals surface area contributed by atoms with Crippen molar-refractivity contribution in [2.45, 2.75) is 78.8 Å². The number of benzene rings is 2. The van der Waals surface area contributed by atoms with Gasteiger partial charge in [0.25, 0.3) is 0 Å². The van der Waals surface area contributed by atoms with Crippen molar-refractivity contribution in [2.75, 3.05) is 13.2 Å². The van der Waals surface area contributed by atoms with Gasteiger partial charge in [-0.25, -0.2) is 4.39 Å². The van der Waals surface area contributed by atoms with E-state index in [9.17, 15) is 4.39 Å². The number of hydrogen-bond acceptors (Lipinski definition) is 6. The molecule has 0 aliphatic heterocycles. The van der Waals surface area contributed by atoms with Gasteiger partial charge in [0.05, 0.1) is 53.8 Å². The van der Waals surface area contributed by atoms with Gasteiger partial charge in [-0.1, -0.05) is 31.9 Å². The molecule has 0 amide bonds. The predicted octanol–water partition coefficient (Wildman–Crippen LogP) is 7.55. The number of rotatable bonds is 6. The van der Waals surface area contributed by atoms with E-state index in [-0.39, 0.29) is 23.4 Å². The van der Waals surface area contributed by atoms with Gasteiger partial charge in [-0.3, -0.25) is 0 Å². The summed E-state index contributed by atoms with van der Waals surface area (Å²) < 4.78 is 30.5. The van der Waals surface area contributed by atoms with Crippen molar-refractivity contribution in [2.24, 2.45) is 0 Å². The lowest BCUT2D eigenvalue weighted by Crippen LogP contribution is -2.27. The zero-order valence-electron chi connectivity index (χ0n) is 22.7. The lowest BCUT2D eigenvalue weighted by atomic mass is 10.2. The second-order valence-electron chi connectivity index (χ2n) is 10.2. The van der Waals surface area contributed by atoms with E-state index in [1.165, 1.54) is 12.1 Å². The van der Waals surface area contributed by atoms with E-state index in [2.05, 4.69) is 37.9 Å². The SMILES string of the molecule is C[C@@H](COC(C)(C)C)Oc1cc(Br)cc(C#N)c1.C[C@H](O)COC(C)(C)C.N#Cc1cc(F)cc(Br)c1. The Bertz CT molecular complexity index is 1030. The third-order valence-electron chi connectivity index (χ3n) is 3.84. The monoisotopic (exact) mass is 642 g/mol. The molecule has 1 N–H and O–H groups in total. The number of aliphatic hydroxyl groups is 1. The molecule has 9 heteroatoms. The Hall–Kier alpha value is -2.01. The molecule has 0 spiro atoms. The van der Waals surface area contributed by atoms with Gasteiger partial charge >= 0.3 is 0 Å². The van der Waals surface area contributed by atoms with Crippen LogP contribution in [0.15, 0.2) is 45.3 Å². The van der Waals surface area contributed by atoms with Crippen LogP contribution in [0, 0.1) is 28.5 Å². The summed E-state index contributed by atoms with van der Waals surface area (Å²) in [5.74, 6) is 0.275. The van der Waals surface area contributed by atoms with E-state index >= 15 is 0 Å². The average Bonchev–Trinajstić information content (AvgIpc) is 2.75. The Balaban J connectivity index is 0.000000577. The molecule has 0 fully saturated rings. The largest absolute Gasteiger partial charge is 0.488 e.